The fourth-order valence-electron chi connectivity index (χ4n) is 1.25. The van der Waals surface area contributed by atoms with Crippen molar-refractivity contribution >= 4 is 27.7 Å². The van der Waals surface area contributed by atoms with Gasteiger partial charge in [-0.25, -0.2) is 4.98 Å². The summed E-state index contributed by atoms with van der Waals surface area (Å²) in [4.78, 5) is 28.5. The number of nitrogens with zero attached hydrogens (tertiary/aromatic N) is 2. The predicted molar refractivity (Wildman–Crippen MR) is 67.6 cm³/mol. The van der Waals surface area contributed by atoms with Crippen molar-refractivity contribution < 1.29 is 9.59 Å². The molecule has 0 fully saturated rings. The second-order valence-corrected chi connectivity index (χ2v) is 4.33. The molecule has 0 saturated heterocycles. The molecule has 5 nitrogen and oxygen atoms in total. The Labute approximate surface area is 108 Å². The van der Waals surface area contributed by atoms with Crippen LogP contribution in [-0.2, 0) is 4.79 Å². The number of halogens is 1. The summed E-state index contributed by atoms with van der Waals surface area (Å²) < 4.78 is 0.614. The van der Waals surface area contributed by atoms with Crippen molar-refractivity contribution in [3.05, 3.63) is 28.5 Å². The molecule has 6 heteroatoms. The number of nitrogens with one attached hydrogen (secondary N) is 1. The highest BCUT2D eigenvalue weighted by atomic mass is 79.9. The first-order chi connectivity index (χ1) is 8.04. The van der Waals surface area contributed by atoms with Crippen LogP contribution in [0.15, 0.2) is 22.9 Å². The zero-order valence-electron chi connectivity index (χ0n) is 9.74. The minimum atomic E-state index is -0.128. The van der Waals surface area contributed by atoms with Gasteiger partial charge in [-0.3, -0.25) is 9.59 Å². The highest BCUT2D eigenvalue weighted by Crippen LogP contribution is 2.10. The van der Waals surface area contributed by atoms with E-state index in [1.807, 2.05) is 0 Å². The third-order valence-corrected chi connectivity index (χ3v) is 2.71. The van der Waals surface area contributed by atoms with Crippen LogP contribution in [0.4, 0.5) is 0 Å². The summed E-state index contributed by atoms with van der Waals surface area (Å²) in [5, 5.41) is 2.51. The van der Waals surface area contributed by atoms with Crippen LogP contribution < -0.4 is 5.32 Å². The molecule has 0 saturated carbocycles. The summed E-state index contributed by atoms with van der Waals surface area (Å²) in [5.74, 6) is -0.211. The number of carbonyl (C=O) groups excluding carboxylic acids is 2. The third-order valence-electron chi connectivity index (χ3n) is 2.27. The molecule has 17 heavy (non-hydrogen) atoms. The van der Waals surface area contributed by atoms with Gasteiger partial charge in [-0.15, -0.1) is 0 Å². The standard InChI is InChI=1S/C11H14BrN3O2/c1-13-10(16)4-6-15(2)11(17)8-3-5-14-9(12)7-8/h3,5,7H,4,6H2,1-2H3,(H,13,16). The van der Waals surface area contributed by atoms with E-state index in [1.54, 1.807) is 32.4 Å². The van der Waals surface area contributed by atoms with Crippen LogP contribution in [0, 0.1) is 0 Å². The Bertz CT molecular complexity index is 423. The SMILES string of the molecule is CNC(=O)CCN(C)C(=O)c1ccnc(Br)c1. The molecule has 0 spiro atoms. The summed E-state index contributed by atoms with van der Waals surface area (Å²) in [6, 6.07) is 3.29. The molecule has 92 valence electrons. The van der Waals surface area contributed by atoms with Gasteiger partial charge in [0.05, 0.1) is 0 Å². The van der Waals surface area contributed by atoms with Gasteiger partial charge in [-0.05, 0) is 28.1 Å². The van der Waals surface area contributed by atoms with E-state index in [2.05, 4.69) is 26.2 Å². The van der Waals surface area contributed by atoms with Crippen molar-refractivity contribution in [2.24, 2.45) is 0 Å². The molecule has 1 aromatic rings. The number of amides is 2. The Hall–Kier alpha value is -1.43. The predicted octanol–water partition coefficient (Wildman–Crippen LogP) is 1.05. The van der Waals surface area contributed by atoms with Gasteiger partial charge in [0.1, 0.15) is 4.60 Å². The Kier molecular flexibility index (Phi) is 5.09. The normalized spacial score (nSPS) is 9.82. The van der Waals surface area contributed by atoms with Crippen LogP contribution in [0.1, 0.15) is 16.8 Å². The van der Waals surface area contributed by atoms with Crippen LogP contribution in [0.5, 0.6) is 0 Å². The van der Waals surface area contributed by atoms with Crippen molar-refractivity contribution in [1.29, 1.82) is 0 Å². The topological polar surface area (TPSA) is 62.3 Å². The number of carbonyl (C=O) groups is 2. The number of aromatic nitrogens is 1. The molecule has 0 unspecified atom stereocenters. The van der Waals surface area contributed by atoms with E-state index in [-0.39, 0.29) is 11.8 Å². The van der Waals surface area contributed by atoms with E-state index in [0.717, 1.165) is 0 Å². The molecule has 0 aromatic carbocycles. The van der Waals surface area contributed by atoms with Crippen LogP contribution in [-0.4, -0.2) is 42.3 Å². The van der Waals surface area contributed by atoms with Gasteiger partial charge >= 0.3 is 0 Å². The van der Waals surface area contributed by atoms with Crippen molar-refractivity contribution in [1.82, 2.24) is 15.2 Å². The fraction of sp³-hybridized carbons (Fsp3) is 0.364. The second-order valence-electron chi connectivity index (χ2n) is 3.52. The van der Waals surface area contributed by atoms with Crippen molar-refractivity contribution in [2.45, 2.75) is 6.42 Å². The molecule has 0 radical (unpaired) electrons. The Balaban J connectivity index is 2.61. The van der Waals surface area contributed by atoms with Gasteiger partial charge in [0.15, 0.2) is 0 Å². The molecule has 0 aliphatic carbocycles. The summed E-state index contributed by atoms with van der Waals surface area (Å²) in [5.41, 5.74) is 0.547. The first kappa shape index (κ1) is 13.6. The first-order valence-electron chi connectivity index (χ1n) is 5.12. The fourth-order valence-corrected chi connectivity index (χ4v) is 1.62. The van der Waals surface area contributed by atoms with Gasteiger partial charge in [0, 0.05) is 38.8 Å². The molecule has 0 aliphatic rings. The van der Waals surface area contributed by atoms with Gasteiger partial charge in [-0.1, -0.05) is 0 Å². The zero-order chi connectivity index (χ0) is 12.8. The average Bonchev–Trinajstić information content (AvgIpc) is 2.34. The molecule has 1 aromatic heterocycles. The minimum absolute atomic E-state index is 0.0828. The molecule has 0 bridgehead atoms. The van der Waals surface area contributed by atoms with E-state index in [0.29, 0.717) is 23.1 Å². The lowest BCUT2D eigenvalue weighted by Crippen LogP contribution is -2.31. The highest BCUT2D eigenvalue weighted by Gasteiger charge is 2.12. The molecular weight excluding hydrogens is 286 g/mol. The maximum absolute atomic E-state index is 11.9. The van der Waals surface area contributed by atoms with E-state index in [4.69, 9.17) is 0 Å². The number of hydrogen-bond acceptors (Lipinski definition) is 3. The lowest BCUT2D eigenvalue weighted by molar-refractivity contribution is -0.120. The molecule has 0 aliphatic heterocycles. The monoisotopic (exact) mass is 299 g/mol. The van der Waals surface area contributed by atoms with E-state index in [1.165, 1.54) is 4.90 Å². The Morgan fingerprint density at radius 2 is 2.24 bits per heavy atom. The zero-order valence-corrected chi connectivity index (χ0v) is 11.3. The van der Waals surface area contributed by atoms with Crippen LogP contribution in [0.3, 0.4) is 0 Å². The average molecular weight is 300 g/mol. The quantitative estimate of drug-likeness (QED) is 0.846. The van der Waals surface area contributed by atoms with Crippen LogP contribution in [0.25, 0.3) is 0 Å². The van der Waals surface area contributed by atoms with Crippen molar-refractivity contribution in [3.63, 3.8) is 0 Å². The number of rotatable bonds is 4. The maximum atomic E-state index is 11.9. The number of hydrogen-bond donors (Lipinski definition) is 1. The lowest BCUT2D eigenvalue weighted by atomic mass is 10.2. The van der Waals surface area contributed by atoms with Gasteiger partial charge in [-0.2, -0.15) is 0 Å². The highest BCUT2D eigenvalue weighted by molar-refractivity contribution is 9.10. The second kappa shape index (κ2) is 6.34. The smallest absolute Gasteiger partial charge is 0.253 e. The number of pyridine rings is 1. The van der Waals surface area contributed by atoms with E-state index >= 15 is 0 Å². The molecule has 0 atom stereocenters. The van der Waals surface area contributed by atoms with Gasteiger partial charge < -0.3 is 10.2 Å². The van der Waals surface area contributed by atoms with Crippen LogP contribution in [0.2, 0.25) is 0 Å². The molecule has 1 rings (SSSR count). The molecule has 2 amide bonds. The maximum Gasteiger partial charge on any atom is 0.253 e. The van der Waals surface area contributed by atoms with Gasteiger partial charge in [0.2, 0.25) is 5.91 Å². The van der Waals surface area contributed by atoms with Crippen molar-refractivity contribution in [3.8, 4) is 0 Å². The van der Waals surface area contributed by atoms with Gasteiger partial charge in [0.25, 0.3) is 5.91 Å². The first-order valence-corrected chi connectivity index (χ1v) is 5.91. The molecule has 1 heterocycles. The van der Waals surface area contributed by atoms with E-state index < -0.39 is 0 Å². The largest absolute Gasteiger partial charge is 0.359 e. The third kappa shape index (κ3) is 4.14. The Morgan fingerprint density at radius 1 is 1.53 bits per heavy atom. The van der Waals surface area contributed by atoms with Crippen LogP contribution >= 0.6 is 15.9 Å². The summed E-state index contributed by atoms with van der Waals surface area (Å²) in [6.07, 6.45) is 1.86. The van der Waals surface area contributed by atoms with E-state index in [9.17, 15) is 9.59 Å². The lowest BCUT2D eigenvalue weighted by Gasteiger charge is -2.16. The minimum Gasteiger partial charge on any atom is -0.359 e. The van der Waals surface area contributed by atoms with Crippen molar-refractivity contribution in [2.75, 3.05) is 20.6 Å². The summed E-state index contributed by atoms with van der Waals surface area (Å²) >= 11 is 3.21. The molecular formula is C11H14BrN3O2. The molecule has 1 N–H and O–H groups in total. The Morgan fingerprint density at radius 3 is 2.82 bits per heavy atom. The summed E-state index contributed by atoms with van der Waals surface area (Å²) in [6.45, 7) is 0.387. The summed E-state index contributed by atoms with van der Waals surface area (Å²) in [7, 11) is 3.24.